The quantitative estimate of drug-likeness (QED) is 0.434. The Bertz CT molecular complexity index is 1140. The van der Waals surface area contributed by atoms with E-state index in [-0.39, 0.29) is 6.03 Å². The number of thiazole rings is 1. The number of carbonyl (C=O) groups excluding carboxylic acids is 1. The molecule has 0 atom stereocenters. The number of benzene rings is 1. The summed E-state index contributed by atoms with van der Waals surface area (Å²) in [7, 11) is 3.18. The average Bonchev–Trinajstić information content (AvgIpc) is 3.50. The van der Waals surface area contributed by atoms with E-state index in [1.165, 1.54) is 0 Å². The van der Waals surface area contributed by atoms with Crippen molar-refractivity contribution in [3.05, 3.63) is 52.3 Å². The van der Waals surface area contributed by atoms with E-state index in [0.29, 0.717) is 31.0 Å². The molecule has 3 aromatic heterocycles. The van der Waals surface area contributed by atoms with Gasteiger partial charge in [0, 0.05) is 24.9 Å². The molecule has 0 unspecified atom stereocenters. The van der Waals surface area contributed by atoms with Crippen molar-refractivity contribution in [2.24, 2.45) is 0 Å². The van der Waals surface area contributed by atoms with Crippen LogP contribution in [-0.2, 0) is 13.0 Å². The molecule has 0 fully saturated rings. The van der Waals surface area contributed by atoms with E-state index < -0.39 is 0 Å². The van der Waals surface area contributed by atoms with E-state index >= 15 is 0 Å². The Hall–Kier alpha value is -3.11. The number of methoxy groups -OCH3 is 2. The van der Waals surface area contributed by atoms with E-state index in [1.807, 2.05) is 45.6 Å². The lowest BCUT2D eigenvalue weighted by molar-refractivity contribution is 0.240. The van der Waals surface area contributed by atoms with Crippen LogP contribution in [0.15, 0.2) is 41.1 Å². The SMILES string of the molecule is COc1ccc(CNC(=O)NCCc2csc3nc(-c4cccs4)nn23)cc1OC. The number of ether oxygens (including phenoxy) is 2. The van der Waals surface area contributed by atoms with Crippen LogP contribution in [0.3, 0.4) is 0 Å². The fraction of sp³-hybridized carbons (Fsp3) is 0.250. The summed E-state index contributed by atoms with van der Waals surface area (Å²) in [5.74, 6) is 2.02. The number of amides is 2. The highest BCUT2D eigenvalue weighted by Gasteiger charge is 2.12. The van der Waals surface area contributed by atoms with Crippen LogP contribution in [0.4, 0.5) is 4.79 Å². The summed E-state index contributed by atoms with van der Waals surface area (Å²) < 4.78 is 12.4. The van der Waals surface area contributed by atoms with Gasteiger partial charge in [-0.3, -0.25) is 0 Å². The zero-order chi connectivity index (χ0) is 20.9. The lowest BCUT2D eigenvalue weighted by Gasteiger charge is -2.11. The van der Waals surface area contributed by atoms with Gasteiger partial charge in [0.05, 0.1) is 24.8 Å². The molecule has 30 heavy (non-hydrogen) atoms. The summed E-state index contributed by atoms with van der Waals surface area (Å²) >= 11 is 3.16. The van der Waals surface area contributed by atoms with Gasteiger partial charge in [-0.15, -0.1) is 27.8 Å². The summed E-state index contributed by atoms with van der Waals surface area (Å²) in [5, 5.41) is 14.4. The van der Waals surface area contributed by atoms with Crippen molar-refractivity contribution >= 4 is 33.7 Å². The average molecular weight is 444 g/mol. The molecule has 0 aliphatic carbocycles. The van der Waals surface area contributed by atoms with Crippen molar-refractivity contribution in [2.45, 2.75) is 13.0 Å². The number of carbonyl (C=O) groups is 1. The summed E-state index contributed by atoms with van der Waals surface area (Å²) in [6.07, 6.45) is 0.664. The minimum atomic E-state index is -0.228. The molecule has 0 saturated heterocycles. The lowest BCUT2D eigenvalue weighted by atomic mass is 10.2. The molecule has 0 saturated carbocycles. The molecule has 10 heteroatoms. The topological polar surface area (TPSA) is 89.8 Å². The summed E-state index contributed by atoms with van der Waals surface area (Å²) in [5.41, 5.74) is 1.94. The first kappa shape index (κ1) is 20.2. The molecule has 8 nitrogen and oxygen atoms in total. The first-order valence-electron chi connectivity index (χ1n) is 9.27. The van der Waals surface area contributed by atoms with E-state index in [2.05, 4.69) is 20.7 Å². The molecular weight excluding hydrogens is 422 g/mol. The van der Waals surface area contributed by atoms with E-state index in [9.17, 15) is 4.79 Å². The summed E-state index contributed by atoms with van der Waals surface area (Å²) in [4.78, 5) is 18.6. The van der Waals surface area contributed by atoms with Crippen molar-refractivity contribution in [1.82, 2.24) is 25.2 Å². The Morgan fingerprint density at radius 3 is 2.77 bits per heavy atom. The van der Waals surface area contributed by atoms with Crippen molar-refractivity contribution in [2.75, 3.05) is 20.8 Å². The van der Waals surface area contributed by atoms with E-state index in [0.717, 1.165) is 26.9 Å². The van der Waals surface area contributed by atoms with Crippen LogP contribution in [-0.4, -0.2) is 41.4 Å². The van der Waals surface area contributed by atoms with Gasteiger partial charge in [0.15, 0.2) is 17.3 Å². The molecule has 0 radical (unpaired) electrons. The number of nitrogens with one attached hydrogen (secondary N) is 2. The number of rotatable bonds is 8. The van der Waals surface area contributed by atoms with Gasteiger partial charge in [-0.2, -0.15) is 4.98 Å². The van der Waals surface area contributed by atoms with Gasteiger partial charge in [0.1, 0.15) is 0 Å². The van der Waals surface area contributed by atoms with Gasteiger partial charge in [-0.05, 0) is 29.1 Å². The molecule has 3 heterocycles. The third-order valence-electron chi connectivity index (χ3n) is 4.46. The van der Waals surface area contributed by atoms with Gasteiger partial charge >= 0.3 is 6.03 Å². The number of nitrogens with zero attached hydrogens (tertiary/aromatic N) is 3. The predicted molar refractivity (Wildman–Crippen MR) is 118 cm³/mol. The summed E-state index contributed by atoms with van der Waals surface area (Å²) in [6, 6.07) is 9.32. The van der Waals surface area contributed by atoms with Crippen LogP contribution in [0.5, 0.6) is 11.5 Å². The maximum absolute atomic E-state index is 12.1. The molecule has 0 aliphatic rings. The number of urea groups is 1. The molecule has 2 N–H and O–H groups in total. The van der Waals surface area contributed by atoms with Gasteiger partial charge in [0.2, 0.25) is 4.96 Å². The van der Waals surface area contributed by atoms with Crippen LogP contribution in [0.25, 0.3) is 15.7 Å². The predicted octanol–water partition coefficient (Wildman–Crippen LogP) is 3.58. The van der Waals surface area contributed by atoms with Crippen molar-refractivity contribution in [3.63, 3.8) is 0 Å². The molecule has 1 aromatic carbocycles. The Morgan fingerprint density at radius 2 is 2.00 bits per heavy atom. The Kier molecular flexibility index (Phi) is 6.15. The minimum absolute atomic E-state index is 0.228. The zero-order valence-corrected chi connectivity index (χ0v) is 18.2. The minimum Gasteiger partial charge on any atom is -0.493 e. The first-order valence-corrected chi connectivity index (χ1v) is 11.0. The highest BCUT2D eigenvalue weighted by Crippen LogP contribution is 2.27. The standard InChI is InChI=1S/C20H21N5O3S2/c1-27-15-6-5-13(10-16(15)28-2)11-22-19(26)21-8-7-14-12-30-20-23-18(24-25(14)20)17-4-3-9-29-17/h3-6,9-10,12H,7-8,11H2,1-2H3,(H2,21,22,26). The Balaban J connectivity index is 1.29. The molecule has 0 aliphatic heterocycles. The molecule has 0 spiro atoms. The number of hydrogen-bond acceptors (Lipinski definition) is 7. The first-order chi connectivity index (χ1) is 14.7. The summed E-state index contributed by atoms with van der Waals surface area (Å²) in [6.45, 7) is 0.889. The van der Waals surface area contributed by atoms with Crippen LogP contribution in [0, 0.1) is 0 Å². The van der Waals surface area contributed by atoms with E-state index in [1.54, 1.807) is 36.9 Å². The third-order valence-corrected chi connectivity index (χ3v) is 6.19. The number of hydrogen-bond donors (Lipinski definition) is 2. The molecule has 4 aromatic rings. The fourth-order valence-electron chi connectivity index (χ4n) is 2.95. The second-order valence-corrected chi connectivity index (χ2v) is 8.17. The Morgan fingerprint density at radius 1 is 1.13 bits per heavy atom. The fourth-order valence-corrected chi connectivity index (χ4v) is 4.46. The maximum Gasteiger partial charge on any atom is 0.315 e. The smallest absolute Gasteiger partial charge is 0.315 e. The van der Waals surface area contributed by atoms with Crippen molar-refractivity contribution in [1.29, 1.82) is 0 Å². The third kappa shape index (κ3) is 4.39. The van der Waals surface area contributed by atoms with Crippen molar-refractivity contribution in [3.8, 4) is 22.2 Å². The molecular formula is C20H21N5O3S2. The van der Waals surface area contributed by atoms with Crippen LogP contribution >= 0.6 is 22.7 Å². The van der Waals surface area contributed by atoms with Gasteiger partial charge in [0.25, 0.3) is 0 Å². The normalized spacial score (nSPS) is 10.9. The number of fused-ring (bicyclic) bond motifs is 1. The van der Waals surface area contributed by atoms with Gasteiger partial charge < -0.3 is 20.1 Å². The van der Waals surface area contributed by atoms with Crippen LogP contribution < -0.4 is 20.1 Å². The molecule has 4 rings (SSSR count). The van der Waals surface area contributed by atoms with E-state index in [4.69, 9.17) is 9.47 Å². The second-order valence-electron chi connectivity index (χ2n) is 6.38. The van der Waals surface area contributed by atoms with Gasteiger partial charge in [-0.1, -0.05) is 12.1 Å². The largest absolute Gasteiger partial charge is 0.493 e. The maximum atomic E-state index is 12.1. The van der Waals surface area contributed by atoms with Crippen LogP contribution in [0.1, 0.15) is 11.3 Å². The Labute approximate surface area is 181 Å². The highest BCUT2D eigenvalue weighted by molar-refractivity contribution is 7.15. The molecule has 156 valence electrons. The van der Waals surface area contributed by atoms with Gasteiger partial charge in [-0.25, -0.2) is 9.31 Å². The van der Waals surface area contributed by atoms with Crippen LogP contribution in [0.2, 0.25) is 0 Å². The molecule has 2 amide bonds. The van der Waals surface area contributed by atoms with Crippen molar-refractivity contribution < 1.29 is 14.3 Å². The second kappa shape index (κ2) is 9.14. The zero-order valence-electron chi connectivity index (χ0n) is 16.5. The highest BCUT2D eigenvalue weighted by atomic mass is 32.1. The number of aromatic nitrogens is 3. The monoisotopic (exact) mass is 443 g/mol. The lowest BCUT2D eigenvalue weighted by Crippen LogP contribution is -2.36. The molecule has 0 bridgehead atoms. The number of thiophene rings is 1.